The van der Waals surface area contributed by atoms with Crippen LogP contribution in [0.4, 0.5) is 5.69 Å². The summed E-state index contributed by atoms with van der Waals surface area (Å²) in [4.78, 5) is 26.3. The average molecular weight is 368 g/mol. The predicted octanol–water partition coefficient (Wildman–Crippen LogP) is 2.47. The zero-order valence-corrected chi connectivity index (χ0v) is 15.8. The molecule has 2 aromatic rings. The lowest BCUT2D eigenvalue weighted by Crippen LogP contribution is -2.50. The summed E-state index contributed by atoms with van der Waals surface area (Å²) in [6.07, 6.45) is -0.259. The van der Waals surface area contributed by atoms with Gasteiger partial charge in [-0.15, -0.1) is 0 Å². The van der Waals surface area contributed by atoms with Crippen LogP contribution in [-0.2, 0) is 9.53 Å². The molecule has 27 heavy (non-hydrogen) atoms. The Labute approximate surface area is 159 Å². The van der Waals surface area contributed by atoms with E-state index >= 15 is 0 Å². The van der Waals surface area contributed by atoms with Crippen LogP contribution in [0.3, 0.4) is 0 Å². The number of aryl methyl sites for hydroxylation is 2. The lowest BCUT2D eigenvalue weighted by molar-refractivity contribution is -0.129. The number of carbonyl (C=O) groups is 2. The molecule has 0 saturated carbocycles. The number of ether oxygens (including phenoxy) is 2. The zero-order chi connectivity index (χ0) is 19.4. The molecule has 2 amide bonds. The number of hydrogen-bond donors (Lipinski definition) is 1. The second-order valence-electron chi connectivity index (χ2n) is 6.72. The van der Waals surface area contributed by atoms with Gasteiger partial charge in [0, 0.05) is 17.8 Å². The first-order chi connectivity index (χ1) is 13.0. The van der Waals surface area contributed by atoms with Gasteiger partial charge in [-0.3, -0.25) is 9.59 Å². The Bertz CT molecular complexity index is 812. The molecule has 1 fully saturated rings. The van der Waals surface area contributed by atoms with Crippen molar-refractivity contribution in [1.82, 2.24) is 5.32 Å². The molecule has 6 nitrogen and oxygen atoms in total. The summed E-state index contributed by atoms with van der Waals surface area (Å²) in [5, 5.41) is 2.87. The third kappa shape index (κ3) is 4.65. The van der Waals surface area contributed by atoms with Gasteiger partial charge in [0.05, 0.1) is 19.8 Å². The van der Waals surface area contributed by atoms with Crippen molar-refractivity contribution >= 4 is 17.5 Å². The molecular formula is C21H24N2O4. The van der Waals surface area contributed by atoms with Gasteiger partial charge < -0.3 is 19.7 Å². The largest absolute Gasteiger partial charge is 0.497 e. The van der Waals surface area contributed by atoms with E-state index < -0.39 is 0 Å². The maximum absolute atomic E-state index is 12.3. The maximum Gasteiger partial charge on any atom is 0.253 e. The van der Waals surface area contributed by atoms with Gasteiger partial charge in [-0.25, -0.2) is 0 Å². The Balaban J connectivity index is 1.62. The van der Waals surface area contributed by atoms with E-state index in [2.05, 4.69) is 11.4 Å². The van der Waals surface area contributed by atoms with E-state index in [1.165, 1.54) is 0 Å². The molecule has 1 aliphatic heterocycles. The lowest BCUT2D eigenvalue weighted by atomic mass is 10.1. The van der Waals surface area contributed by atoms with E-state index in [1.807, 2.05) is 26.0 Å². The van der Waals surface area contributed by atoms with Gasteiger partial charge in [-0.2, -0.15) is 0 Å². The summed E-state index contributed by atoms with van der Waals surface area (Å²) in [6.45, 7) is 4.77. The topological polar surface area (TPSA) is 67.9 Å². The number of carbonyl (C=O) groups excluding carboxylic acids is 2. The van der Waals surface area contributed by atoms with Crippen molar-refractivity contribution in [2.45, 2.75) is 20.0 Å². The predicted molar refractivity (Wildman–Crippen MR) is 103 cm³/mol. The van der Waals surface area contributed by atoms with Gasteiger partial charge in [0.15, 0.2) is 0 Å². The summed E-state index contributed by atoms with van der Waals surface area (Å²) < 4.78 is 10.7. The van der Waals surface area contributed by atoms with Crippen LogP contribution in [0.5, 0.6) is 5.75 Å². The third-order valence-electron chi connectivity index (χ3n) is 4.49. The fraction of sp³-hybridized carbons (Fsp3) is 0.333. The van der Waals surface area contributed by atoms with Gasteiger partial charge in [0.25, 0.3) is 11.8 Å². The van der Waals surface area contributed by atoms with Gasteiger partial charge >= 0.3 is 0 Å². The van der Waals surface area contributed by atoms with Crippen molar-refractivity contribution in [2.75, 3.05) is 31.7 Å². The van der Waals surface area contributed by atoms with Crippen molar-refractivity contribution in [2.24, 2.45) is 0 Å². The molecule has 0 aliphatic carbocycles. The second-order valence-corrected chi connectivity index (χ2v) is 6.72. The standard InChI is InChI=1S/C21H24N2O4/c1-14-8-15(2)10-17(9-14)23-12-19(27-13-20(23)24)11-22-21(25)16-4-6-18(26-3)7-5-16/h4-10,19H,11-13H2,1-3H3,(H,22,25). The minimum absolute atomic E-state index is 0.00998. The highest BCUT2D eigenvalue weighted by Gasteiger charge is 2.28. The van der Waals surface area contributed by atoms with E-state index in [0.717, 1.165) is 16.8 Å². The Morgan fingerprint density at radius 3 is 2.48 bits per heavy atom. The Kier molecular flexibility index (Phi) is 5.76. The Hall–Kier alpha value is -2.86. The van der Waals surface area contributed by atoms with Crippen molar-refractivity contribution in [3.05, 3.63) is 59.2 Å². The van der Waals surface area contributed by atoms with Crippen LogP contribution in [0, 0.1) is 13.8 Å². The number of hydrogen-bond acceptors (Lipinski definition) is 4. The number of amides is 2. The average Bonchev–Trinajstić information content (AvgIpc) is 2.66. The number of nitrogens with one attached hydrogen (secondary N) is 1. The fourth-order valence-electron chi connectivity index (χ4n) is 3.16. The highest BCUT2D eigenvalue weighted by Crippen LogP contribution is 2.22. The molecule has 1 aliphatic rings. The minimum atomic E-state index is -0.259. The molecule has 3 rings (SSSR count). The molecule has 0 bridgehead atoms. The molecule has 0 aromatic heterocycles. The van der Waals surface area contributed by atoms with Gasteiger partial charge in [-0.1, -0.05) is 6.07 Å². The summed E-state index contributed by atoms with van der Waals surface area (Å²) in [5.74, 6) is 0.443. The fourth-order valence-corrected chi connectivity index (χ4v) is 3.16. The molecule has 1 N–H and O–H groups in total. The lowest BCUT2D eigenvalue weighted by Gasteiger charge is -2.33. The van der Waals surface area contributed by atoms with E-state index in [9.17, 15) is 9.59 Å². The first-order valence-corrected chi connectivity index (χ1v) is 8.89. The summed E-state index contributed by atoms with van der Waals surface area (Å²) in [6, 6.07) is 13.0. The highest BCUT2D eigenvalue weighted by molar-refractivity contribution is 5.95. The van der Waals surface area contributed by atoms with Crippen molar-refractivity contribution in [3.8, 4) is 5.75 Å². The van der Waals surface area contributed by atoms with Crippen LogP contribution in [0.15, 0.2) is 42.5 Å². The van der Waals surface area contributed by atoms with Gasteiger partial charge in [0.1, 0.15) is 12.4 Å². The quantitative estimate of drug-likeness (QED) is 0.880. The summed E-state index contributed by atoms with van der Waals surface area (Å²) in [5.41, 5.74) is 3.63. The number of morpholine rings is 1. The molecule has 1 atom stereocenters. The highest BCUT2D eigenvalue weighted by atomic mass is 16.5. The normalized spacial score (nSPS) is 16.9. The first kappa shape index (κ1) is 18.9. The van der Waals surface area contributed by atoms with E-state index in [1.54, 1.807) is 36.3 Å². The molecule has 0 spiro atoms. The molecule has 6 heteroatoms. The van der Waals surface area contributed by atoms with Crippen LogP contribution in [0.1, 0.15) is 21.5 Å². The molecule has 1 unspecified atom stereocenters. The number of rotatable bonds is 5. The van der Waals surface area contributed by atoms with Crippen LogP contribution in [-0.4, -0.2) is 44.7 Å². The van der Waals surface area contributed by atoms with Gasteiger partial charge in [-0.05, 0) is 61.4 Å². The van der Waals surface area contributed by atoms with Crippen LogP contribution >= 0.6 is 0 Å². The van der Waals surface area contributed by atoms with Crippen LogP contribution in [0.25, 0.3) is 0 Å². The number of benzene rings is 2. The van der Waals surface area contributed by atoms with Crippen molar-refractivity contribution in [3.63, 3.8) is 0 Å². The van der Waals surface area contributed by atoms with E-state index in [-0.39, 0.29) is 24.5 Å². The molecule has 1 heterocycles. The van der Waals surface area contributed by atoms with Gasteiger partial charge in [0.2, 0.25) is 0 Å². The van der Waals surface area contributed by atoms with E-state index in [4.69, 9.17) is 9.47 Å². The molecule has 142 valence electrons. The molecular weight excluding hydrogens is 344 g/mol. The maximum atomic E-state index is 12.3. The number of anilines is 1. The van der Waals surface area contributed by atoms with E-state index in [0.29, 0.717) is 24.4 Å². The smallest absolute Gasteiger partial charge is 0.253 e. The number of methoxy groups -OCH3 is 1. The molecule has 2 aromatic carbocycles. The monoisotopic (exact) mass is 368 g/mol. The second kappa shape index (κ2) is 8.22. The molecule has 1 saturated heterocycles. The first-order valence-electron chi connectivity index (χ1n) is 8.89. The van der Waals surface area contributed by atoms with Crippen LogP contribution < -0.4 is 15.0 Å². The SMILES string of the molecule is COc1ccc(C(=O)NCC2CN(c3cc(C)cc(C)c3)C(=O)CO2)cc1. The third-order valence-corrected chi connectivity index (χ3v) is 4.49. The van der Waals surface area contributed by atoms with Crippen molar-refractivity contribution < 1.29 is 19.1 Å². The zero-order valence-electron chi connectivity index (χ0n) is 15.8. The molecule has 0 radical (unpaired) electrons. The number of nitrogens with zero attached hydrogens (tertiary/aromatic N) is 1. The van der Waals surface area contributed by atoms with Crippen LogP contribution in [0.2, 0.25) is 0 Å². The summed E-state index contributed by atoms with van der Waals surface area (Å²) >= 11 is 0. The van der Waals surface area contributed by atoms with Crippen molar-refractivity contribution in [1.29, 1.82) is 0 Å². The Morgan fingerprint density at radius 2 is 1.85 bits per heavy atom. The summed E-state index contributed by atoms with van der Waals surface area (Å²) in [7, 11) is 1.58. The Morgan fingerprint density at radius 1 is 1.19 bits per heavy atom. The minimum Gasteiger partial charge on any atom is -0.497 e.